The number of nitrogens with one attached hydrogen (secondary N) is 2. The van der Waals surface area contributed by atoms with Crippen molar-refractivity contribution >= 4 is 18.3 Å². The molecule has 1 amide bonds. The predicted octanol–water partition coefficient (Wildman–Crippen LogP) is 1.50. The van der Waals surface area contributed by atoms with Crippen molar-refractivity contribution in [2.24, 2.45) is 0 Å². The summed E-state index contributed by atoms with van der Waals surface area (Å²) >= 11 is 0. The summed E-state index contributed by atoms with van der Waals surface area (Å²) in [6, 6.07) is 8.13. The normalized spacial score (nSPS) is 16.5. The van der Waals surface area contributed by atoms with Crippen LogP contribution in [0.3, 0.4) is 0 Å². The van der Waals surface area contributed by atoms with Crippen LogP contribution >= 0.6 is 12.4 Å². The summed E-state index contributed by atoms with van der Waals surface area (Å²) in [5.41, 5.74) is 1.19. The minimum absolute atomic E-state index is 0. The van der Waals surface area contributed by atoms with Gasteiger partial charge in [-0.1, -0.05) is 12.1 Å². The van der Waals surface area contributed by atoms with Crippen LogP contribution in [0.4, 0.5) is 0 Å². The molecule has 0 atom stereocenters. The van der Waals surface area contributed by atoms with E-state index < -0.39 is 0 Å². The molecule has 5 nitrogen and oxygen atoms in total. The molecule has 0 aromatic heterocycles. The van der Waals surface area contributed by atoms with Crippen molar-refractivity contribution in [2.75, 3.05) is 40.5 Å². The quantitative estimate of drug-likeness (QED) is 0.831. The van der Waals surface area contributed by atoms with Crippen LogP contribution in [0.15, 0.2) is 24.3 Å². The van der Waals surface area contributed by atoms with E-state index in [9.17, 15) is 4.79 Å². The highest BCUT2D eigenvalue weighted by atomic mass is 35.5. The molecule has 0 aliphatic carbocycles. The standard InChI is InChI=1S/C16H24N2O3.ClH/c1-17-11-15(19)18-12-16(7-9-21-10-8-16)13-3-5-14(20-2)6-4-13;/h3-6,17H,7-12H2,1-2H3,(H,18,19);1H. The molecule has 1 aliphatic heterocycles. The van der Waals surface area contributed by atoms with Crippen molar-refractivity contribution in [3.63, 3.8) is 0 Å². The van der Waals surface area contributed by atoms with E-state index in [2.05, 4.69) is 22.8 Å². The lowest BCUT2D eigenvalue weighted by Crippen LogP contribution is -2.46. The van der Waals surface area contributed by atoms with E-state index in [1.807, 2.05) is 12.1 Å². The molecule has 1 aliphatic rings. The second-order valence-corrected chi connectivity index (χ2v) is 5.43. The number of benzene rings is 1. The molecule has 2 rings (SSSR count). The number of amides is 1. The minimum Gasteiger partial charge on any atom is -0.497 e. The molecular weight excluding hydrogens is 304 g/mol. The van der Waals surface area contributed by atoms with Crippen LogP contribution in [-0.2, 0) is 14.9 Å². The number of rotatable bonds is 6. The van der Waals surface area contributed by atoms with Gasteiger partial charge in [0.2, 0.25) is 5.91 Å². The number of carbonyl (C=O) groups excluding carboxylic acids is 1. The third kappa shape index (κ3) is 4.60. The van der Waals surface area contributed by atoms with Gasteiger partial charge in [-0.05, 0) is 37.6 Å². The van der Waals surface area contributed by atoms with Gasteiger partial charge in [0, 0.05) is 25.2 Å². The zero-order chi connectivity index (χ0) is 15.1. The molecule has 0 radical (unpaired) electrons. The molecule has 1 saturated heterocycles. The molecule has 0 saturated carbocycles. The SMILES string of the molecule is CNCC(=O)NCC1(c2ccc(OC)cc2)CCOCC1.Cl. The second-order valence-electron chi connectivity index (χ2n) is 5.43. The van der Waals surface area contributed by atoms with Crippen molar-refractivity contribution < 1.29 is 14.3 Å². The van der Waals surface area contributed by atoms with Crippen LogP contribution < -0.4 is 15.4 Å². The number of likely N-dealkylation sites (N-methyl/N-ethyl adjacent to an activating group) is 1. The van der Waals surface area contributed by atoms with Gasteiger partial charge in [0.25, 0.3) is 0 Å². The topological polar surface area (TPSA) is 59.6 Å². The number of carbonyl (C=O) groups is 1. The first-order valence-electron chi connectivity index (χ1n) is 7.34. The molecule has 0 bridgehead atoms. The summed E-state index contributed by atoms with van der Waals surface area (Å²) in [5, 5.41) is 5.90. The Balaban J connectivity index is 0.00000242. The second kappa shape index (κ2) is 8.98. The third-order valence-corrected chi connectivity index (χ3v) is 4.11. The van der Waals surface area contributed by atoms with E-state index in [1.54, 1.807) is 14.2 Å². The number of halogens is 1. The van der Waals surface area contributed by atoms with Crippen molar-refractivity contribution in [1.29, 1.82) is 0 Å². The Labute approximate surface area is 138 Å². The molecule has 0 spiro atoms. The third-order valence-electron chi connectivity index (χ3n) is 4.11. The highest BCUT2D eigenvalue weighted by Gasteiger charge is 2.34. The summed E-state index contributed by atoms with van der Waals surface area (Å²) in [7, 11) is 3.43. The van der Waals surface area contributed by atoms with Gasteiger partial charge in [-0.25, -0.2) is 0 Å². The lowest BCUT2D eigenvalue weighted by Gasteiger charge is -2.38. The predicted molar refractivity (Wildman–Crippen MR) is 88.9 cm³/mol. The van der Waals surface area contributed by atoms with Crippen molar-refractivity contribution in [2.45, 2.75) is 18.3 Å². The minimum atomic E-state index is -0.0477. The Morgan fingerprint density at radius 2 is 1.91 bits per heavy atom. The van der Waals surface area contributed by atoms with Crippen LogP contribution in [0.1, 0.15) is 18.4 Å². The maximum absolute atomic E-state index is 11.7. The number of hydrogen-bond donors (Lipinski definition) is 2. The molecule has 1 heterocycles. The van der Waals surface area contributed by atoms with Crippen LogP contribution in [0.25, 0.3) is 0 Å². The lowest BCUT2D eigenvalue weighted by molar-refractivity contribution is -0.120. The average molecular weight is 329 g/mol. The van der Waals surface area contributed by atoms with E-state index in [-0.39, 0.29) is 23.7 Å². The fourth-order valence-electron chi connectivity index (χ4n) is 2.77. The van der Waals surface area contributed by atoms with Gasteiger partial charge < -0.3 is 20.1 Å². The van der Waals surface area contributed by atoms with Gasteiger partial charge in [-0.3, -0.25) is 4.79 Å². The molecule has 124 valence electrons. The maximum atomic E-state index is 11.7. The van der Waals surface area contributed by atoms with Gasteiger partial charge >= 0.3 is 0 Å². The molecule has 1 fully saturated rings. The van der Waals surface area contributed by atoms with Gasteiger partial charge in [0.1, 0.15) is 5.75 Å². The van der Waals surface area contributed by atoms with Gasteiger partial charge in [0.15, 0.2) is 0 Å². The molecule has 1 aromatic carbocycles. The largest absolute Gasteiger partial charge is 0.497 e. The van der Waals surface area contributed by atoms with Crippen LogP contribution in [0, 0.1) is 0 Å². The fraction of sp³-hybridized carbons (Fsp3) is 0.562. The van der Waals surface area contributed by atoms with Gasteiger partial charge in [-0.2, -0.15) is 0 Å². The zero-order valence-corrected chi connectivity index (χ0v) is 14.0. The van der Waals surface area contributed by atoms with Crippen molar-refractivity contribution in [3.05, 3.63) is 29.8 Å². The average Bonchev–Trinajstić information content (AvgIpc) is 2.54. The summed E-state index contributed by atoms with van der Waals surface area (Å²) in [4.78, 5) is 11.7. The number of ether oxygens (including phenoxy) is 2. The summed E-state index contributed by atoms with van der Waals surface area (Å²) < 4.78 is 10.7. The highest BCUT2D eigenvalue weighted by molar-refractivity contribution is 5.85. The summed E-state index contributed by atoms with van der Waals surface area (Å²) in [5.74, 6) is 0.872. The zero-order valence-electron chi connectivity index (χ0n) is 13.2. The molecule has 6 heteroatoms. The first-order chi connectivity index (χ1) is 10.2. The maximum Gasteiger partial charge on any atom is 0.233 e. The molecular formula is C16H25ClN2O3. The van der Waals surface area contributed by atoms with Crippen LogP contribution in [0.2, 0.25) is 0 Å². The summed E-state index contributed by atoms with van der Waals surface area (Å²) in [6.07, 6.45) is 1.83. The van der Waals surface area contributed by atoms with E-state index >= 15 is 0 Å². The van der Waals surface area contributed by atoms with Crippen LogP contribution in [-0.4, -0.2) is 46.4 Å². The molecule has 0 unspecified atom stereocenters. The smallest absolute Gasteiger partial charge is 0.233 e. The monoisotopic (exact) mass is 328 g/mol. The Kier molecular flexibility index (Phi) is 7.65. The van der Waals surface area contributed by atoms with Crippen molar-refractivity contribution in [3.8, 4) is 5.75 Å². The number of hydrogen-bond acceptors (Lipinski definition) is 4. The Morgan fingerprint density at radius 1 is 1.27 bits per heavy atom. The summed E-state index contributed by atoms with van der Waals surface area (Å²) in [6.45, 7) is 2.44. The fourth-order valence-corrected chi connectivity index (χ4v) is 2.77. The Hall–Kier alpha value is -1.30. The molecule has 1 aromatic rings. The van der Waals surface area contributed by atoms with E-state index in [0.29, 0.717) is 13.1 Å². The highest BCUT2D eigenvalue weighted by Crippen LogP contribution is 2.35. The van der Waals surface area contributed by atoms with E-state index in [4.69, 9.17) is 9.47 Å². The molecule has 2 N–H and O–H groups in total. The van der Waals surface area contributed by atoms with E-state index in [1.165, 1.54) is 5.56 Å². The van der Waals surface area contributed by atoms with E-state index in [0.717, 1.165) is 31.8 Å². The lowest BCUT2D eigenvalue weighted by atomic mass is 9.74. The van der Waals surface area contributed by atoms with Gasteiger partial charge in [-0.15, -0.1) is 12.4 Å². The first-order valence-corrected chi connectivity index (χ1v) is 7.34. The Bertz CT molecular complexity index is 459. The van der Waals surface area contributed by atoms with Crippen molar-refractivity contribution in [1.82, 2.24) is 10.6 Å². The Morgan fingerprint density at radius 3 is 2.45 bits per heavy atom. The molecule has 22 heavy (non-hydrogen) atoms. The van der Waals surface area contributed by atoms with Gasteiger partial charge in [0.05, 0.1) is 13.7 Å². The number of methoxy groups -OCH3 is 1. The first kappa shape index (κ1) is 18.7. The van der Waals surface area contributed by atoms with Crippen LogP contribution in [0.5, 0.6) is 5.75 Å².